The molecule has 0 aromatic rings. The van der Waals surface area contributed by atoms with Gasteiger partial charge in [-0.1, -0.05) is 186 Å². The fourth-order valence-electron chi connectivity index (χ4n) is 6.77. The monoisotopic (exact) mass is 813 g/mol. The fourth-order valence-corrected chi connectivity index (χ4v) is 7.23. The molecular formula is C47H89O8P. The predicted octanol–water partition coefficient (Wildman–Crippen LogP) is 15.0. The van der Waals surface area contributed by atoms with Crippen LogP contribution in [0, 0.1) is 0 Å². The lowest BCUT2D eigenvalue weighted by Crippen LogP contribution is -2.29. The molecule has 0 saturated carbocycles. The zero-order chi connectivity index (χ0) is 41.1. The molecule has 0 aromatic carbocycles. The number of rotatable bonds is 44. The second-order valence-corrected chi connectivity index (χ2v) is 17.4. The van der Waals surface area contributed by atoms with E-state index in [2.05, 4.69) is 42.7 Å². The lowest BCUT2D eigenvalue weighted by molar-refractivity contribution is -0.161. The molecule has 2 atom stereocenters. The van der Waals surface area contributed by atoms with E-state index in [1.807, 2.05) is 0 Å². The third-order valence-electron chi connectivity index (χ3n) is 10.4. The Morgan fingerprint density at radius 1 is 0.482 bits per heavy atom. The molecule has 0 heterocycles. The average molecular weight is 813 g/mol. The third-order valence-corrected chi connectivity index (χ3v) is 11.4. The van der Waals surface area contributed by atoms with Gasteiger partial charge in [0.15, 0.2) is 6.10 Å². The van der Waals surface area contributed by atoms with Gasteiger partial charge in [-0.3, -0.25) is 18.6 Å². The molecule has 0 aliphatic rings. The number of phosphoric ester groups is 1. The number of allylic oxidation sites excluding steroid dienone is 4. The van der Waals surface area contributed by atoms with Crippen LogP contribution in [0.25, 0.3) is 0 Å². The van der Waals surface area contributed by atoms with Crippen molar-refractivity contribution in [2.75, 3.05) is 20.3 Å². The van der Waals surface area contributed by atoms with Crippen molar-refractivity contribution in [2.24, 2.45) is 0 Å². The van der Waals surface area contributed by atoms with Crippen LogP contribution in [0.1, 0.15) is 239 Å². The number of carbonyl (C=O) groups is 2. The van der Waals surface area contributed by atoms with Gasteiger partial charge >= 0.3 is 19.8 Å². The highest BCUT2D eigenvalue weighted by atomic mass is 31.2. The average Bonchev–Trinajstić information content (AvgIpc) is 3.19. The summed E-state index contributed by atoms with van der Waals surface area (Å²) in [5.74, 6) is -0.802. The van der Waals surface area contributed by atoms with Crippen LogP contribution in [0.15, 0.2) is 24.3 Å². The van der Waals surface area contributed by atoms with Gasteiger partial charge in [-0.2, -0.15) is 0 Å². The summed E-state index contributed by atoms with van der Waals surface area (Å²) >= 11 is 0. The molecule has 1 N–H and O–H groups in total. The molecule has 0 aliphatic heterocycles. The number of hydrogen-bond acceptors (Lipinski definition) is 7. The van der Waals surface area contributed by atoms with E-state index >= 15 is 0 Å². The van der Waals surface area contributed by atoms with Crippen molar-refractivity contribution in [2.45, 2.75) is 245 Å². The molecule has 8 nitrogen and oxygen atoms in total. The second kappa shape index (κ2) is 43.1. The minimum Gasteiger partial charge on any atom is -0.462 e. The number of hydrogen-bond donors (Lipinski definition) is 1. The topological polar surface area (TPSA) is 108 Å². The predicted molar refractivity (Wildman–Crippen MR) is 235 cm³/mol. The molecule has 0 rings (SSSR count). The van der Waals surface area contributed by atoms with Gasteiger partial charge in [0.05, 0.1) is 6.61 Å². The van der Waals surface area contributed by atoms with Gasteiger partial charge in [-0.25, -0.2) is 4.57 Å². The largest absolute Gasteiger partial charge is 0.472 e. The SMILES string of the molecule is CCCCCCCC/C=C\CCCCCCCCCCCC(=O)OC(COC(=O)CCCCCCCCC/C=C\CCCCCCCCC)COP(=O)(O)OC. The zero-order valence-electron chi connectivity index (χ0n) is 36.8. The summed E-state index contributed by atoms with van der Waals surface area (Å²) in [5, 5.41) is 0. The third kappa shape index (κ3) is 42.1. The Hall–Kier alpha value is -1.47. The highest BCUT2D eigenvalue weighted by molar-refractivity contribution is 7.47. The van der Waals surface area contributed by atoms with Crippen LogP contribution in [-0.2, 0) is 32.7 Å². The number of carbonyl (C=O) groups excluding carboxylic acids is 2. The molecule has 2 unspecified atom stereocenters. The Labute approximate surface area is 345 Å². The number of unbranched alkanes of at least 4 members (excludes halogenated alkanes) is 29. The zero-order valence-corrected chi connectivity index (χ0v) is 37.7. The van der Waals surface area contributed by atoms with Gasteiger partial charge in [-0.15, -0.1) is 0 Å². The Kier molecular flexibility index (Phi) is 42.0. The summed E-state index contributed by atoms with van der Waals surface area (Å²) in [5.41, 5.74) is 0. The van der Waals surface area contributed by atoms with Crippen molar-refractivity contribution in [3.63, 3.8) is 0 Å². The molecule has 0 amide bonds. The molecule has 0 bridgehead atoms. The molecule has 9 heteroatoms. The van der Waals surface area contributed by atoms with Crippen molar-refractivity contribution >= 4 is 19.8 Å². The number of esters is 2. The maximum atomic E-state index is 12.5. The van der Waals surface area contributed by atoms with Crippen molar-refractivity contribution in [1.82, 2.24) is 0 Å². The first-order chi connectivity index (χ1) is 27.3. The van der Waals surface area contributed by atoms with Gasteiger partial charge in [0.25, 0.3) is 0 Å². The van der Waals surface area contributed by atoms with Gasteiger partial charge in [0.2, 0.25) is 0 Å². The van der Waals surface area contributed by atoms with Crippen LogP contribution in [0.2, 0.25) is 0 Å². The van der Waals surface area contributed by atoms with E-state index in [0.717, 1.165) is 39.2 Å². The summed E-state index contributed by atoms with van der Waals surface area (Å²) in [6.45, 7) is 3.91. The van der Waals surface area contributed by atoms with Crippen LogP contribution in [0.5, 0.6) is 0 Å². The summed E-state index contributed by atoms with van der Waals surface area (Å²) < 4.78 is 32.1. The maximum absolute atomic E-state index is 12.5. The summed E-state index contributed by atoms with van der Waals surface area (Å²) in [6, 6.07) is 0. The molecule has 0 spiro atoms. The summed E-state index contributed by atoms with van der Waals surface area (Å²) in [7, 11) is -3.20. The van der Waals surface area contributed by atoms with E-state index in [9.17, 15) is 19.0 Å². The highest BCUT2D eigenvalue weighted by Crippen LogP contribution is 2.42. The molecule has 56 heavy (non-hydrogen) atoms. The first-order valence-corrected chi connectivity index (χ1v) is 25.0. The molecule has 0 aliphatic carbocycles. The Morgan fingerprint density at radius 3 is 1.16 bits per heavy atom. The van der Waals surface area contributed by atoms with Crippen molar-refractivity contribution in [1.29, 1.82) is 0 Å². The van der Waals surface area contributed by atoms with Gasteiger partial charge < -0.3 is 14.4 Å². The van der Waals surface area contributed by atoms with E-state index < -0.39 is 26.5 Å². The van der Waals surface area contributed by atoms with E-state index in [-0.39, 0.29) is 19.0 Å². The van der Waals surface area contributed by atoms with Crippen molar-refractivity contribution in [3.8, 4) is 0 Å². The van der Waals surface area contributed by atoms with E-state index in [1.54, 1.807) is 0 Å². The molecular weight excluding hydrogens is 723 g/mol. The van der Waals surface area contributed by atoms with Crippen LogP contribution < -0.4 is 0 Å². The van der Waals surface area contributed by atoms with Crippen LogP contribution in [0.3, 0.4) is 0 Å². The quantitative estimate of drug-likeness (QED) is 0.0280. The van der Waals surface area contributed by atoms with Gasteiger partial charge in [-0.05, 0) is 64.2 Å². The van der Waals surface area contributed by atoms with Crippen LogP contribution in [0.4, 0.5) is 0 Å². The highest BCUT2D eigenvalue weighted by Gasteiger charge is 2.24. The number of ether oxygens (including phenoxy) is 2. The van der Waals surface area contributed by atoms with Crippen molar-refractivity contribution in [3.05, 3.63) is 24.3 Å². The molecule has 0 fully saturated rings. The Morgan fingerprint density at radius 2 is 0.804 bits per heavy atom. The summed E-state index contributed by atoms with van der Waals surface area (Å²) in [4.78, 5) is 34.6. The van der Waals surface area contributed by atoms with E-state index in [4.69, 9.17) is 14.0 Å². The van der Waals surface area contributed by atoms with E-state index in [0.29, 0.717) is 12.8 Å². The first-order valence-electron chi connectivity index (χ1n) is 23.5. The smallest absolute Gasteiger partial charge is 0.462 e. The van der Waals surface area contributed by atoms with Crippen LogP contribution >= 0.6 is 7.82 Å². The number of phosphoric acid groups is 1. The Bertz CT molecular complexity index is 968. The molecule has 0 aromatic heterocycles. The first kappa shape index (κ1) is 54.5. The minimum atomic E-state index is -4.26. The lowest BCUT2D eigenvalue weighted by atomic mass is 10.1. The molecule has 0 radical (unpaired) electrons. The van der Waals surface area contributed by atoms with Crippen molar-refractivity contribution < 1.29 is 37.6 Å². The second-order valence-electron chi connectivity index (χ2n) is 15.9. The fraction of sp³-hybridized carbons (Fsp3) is 0.872. The van der Waals surface area contributed by atoms with Gasteiger partial charge in [0.1, 0.15) is 6.61 Å². The standard InChI is InChI=1S/C47H89O8P/c1-4-6-8-10-12-14-16-18-20-22-24-26-28-30-32-34-36-38-40-42-47(49)55-45(44-54-56(50,51)52-3)43-53-46(48)41-39-37-35-33-31-29-27-25-23-21-19-17-15-13-11-9-7-5-2/h18,20-21,23,45H,4-17,19,22,24-44H2,1-3H3,(H,50,51)/b20-18-,23-21-. The Balaban J connectivity index is 3.94. The summed E-state index contributed by atoms with van der Waals surface area (Å²) in [6.07, 6.45) is 49.4. The maximum Gasteiger partial charge on any atom is 0.472 e. The van der Waals surface area contributed by atoms with Gasteiger partial charge in [0, 0.05) is 20.0 Å². The van der Waals surface area contributed by atoms with Crippen LogP contribution in [-0.4, -0.2) is 43.3 Å². The lowest BCUT2D eigenvalue weighted by Gasteiger charge is -2.19. The molecule has 0 saturated heterocycles. The minimum absolute atomic E-state index is 0.225. The molecule has 330 valence electrons. The normalized spacial score (nSPS) is 13.4. The van der Waals surface area contributed by atoms with E-state index in [1.165, 1.54) is 173 Å².